The highest BCUT2D eigenvalue weighted by Gasteiger charge is 2.24. The van der Waals surface area contributed by atoms with Crippen LogP contribution in [0.4, 0.5) is 0 Å². The van der Waals surface area contributed by atoms with Crippen LogP contribution in [-0.4, -0.2) is 22.4 Å². The Morgan fingerprint density at radius 1 is 1.31 bits per heavy atom. The van der Waals surface area contributed by atoms with Gasteiger partial charge in [0.25, 0.3) is 5.56 Å². The number of ether oxygens (including phenoxy) is 1. The molecule has 4 rings (SSSR count). The van der Waals surface area contributed by atoms with Gasteiger partial charge in [-0.15, -0.1) is 11.3 Å². The number of fused-ring (bicyclic) bond motifs is 3. The molecule has 1 aliphatic rings. The highest BCUT2D eigenvalue weighted by molar-refractivity contribution is 7.99. The standard InChI is InChI=1S/C20H22N2O2S2/c1-3-4-12-25-20-21-18-17(13-8-7-11-16(13)26-18)19(23)22(20)14-9-5-6-10-15(14)24-2/h5-6,9-10H,3-4,7-8,11-12H2,1-2H3. The lowest BCUT2D eigenvalue weighted by Crippen LogP contribution is -2.22. The maximum absolute atomic E-state index is 13.5. The Morgan fingerprint density at radius 2 is 2.15 bits per heavy atom. The predicted octanol–water partition coefficient (Wildman–Crippen LogP) is 4.84. The predicted molar refractivity (Wildman–Crippen MR) is 109 cm³/mol. The Hall–Kier alpha value is -1.79. The van der Waals surface area contributed by atoms with Gasteiger partial charge in [-0.2, -0.15) is 0 Å². The third-order valence-corrected chi connectivity index (χ3v) is 6.97. The summed E-state index contributed by atoms with van der Waals surface area (Å²) in [5, 5.41) is 1.58. The first-order valence-corrected chi connectivity index (χ1v) is 10.9. The van der Waals surface area contributed by atoms with Crippen LogP contribution < -0.4 is 10.3 Å². The third kappa shape index (κ3) is 2.95. The topological polar surface area (TPSA) is 44.1 Å². The van der Waals surface area contributed by atoms with E-state index in [1.165, 1.54) is 10.4 Å². The van der Waals surface area contributed by atoms with Gasteiger partial charge in [-0.1, -0.05) is 37.2 Å². The molecule has 0 atom stereocenters. The molecule has 0 bridgehead atoms. The van der Waals surface area contributed by atoms with Crippen molar-refractivity contribution in [1.29, 1.82) is 0 Å². The van der Waals surface area contributed by atoms with Gasteiger partial charge in [0.15, 0.2) is 5.16 Å². The second-order valence-electron chi connectivity index (χ2n) is 6.45. The maximum Gasteiger partial charge on any atom is 0.267 e. The van der Waals surface area contributed by atoms with Crippen molar-refractivity contribution < 1.29 is 4.74 Å². The molecule has 6 heteroatoms. The number of methoxy groups -OCH3 is 1. The molecule has 1 aromatic carbocycles. The van der Waals surface area contributed by atoms with Crippen molar-refractivity contribution >= 4 is 33.3 Å². The Kier molecular flexibility index (Phi) is 5.05. The van der Waals surface area contributed by atoms with E-state index in [2.05, 4.69) is 6.92 Å². The Labute approximate surface area is 161 Å². The summed E-state index contributed by atoms with van der Waals surface area (Å²) in [6.07, 6.45) is 5.42. The first-order chi connectivity index (χ1) is 12.7. The second kappa shape index (κ2) is 7.45. The SMILES string of the molecule is CCCCSc1nc2sc3c(c2c(=O)n1-c1ccccc1OC)CCC3. The summed E-state index contributed by atoms with van der Waals surface area (Å²) in [5.41, 5.74) is 2.03. The molecule has 2 heterocycles. The summed E-state index contributed by atoms with van der Waals surface area (Å²) in [5.74, 6) is 1.65. The normalized spacial score (nSPS) is 13.3. The molecule has 0 aliphatic heterocycles. The summed E-state index contributed by atoms with van der Waals surface area (Å²) in [6.45, 7) is 2.17. The van der Waals surface area contributed by atoms with Crippen LogP contribution in [0.1, 0.15) is 36.6 Å². The van der Waals surface area contributed by atoms with Gasteiger partial charge >= 0.3 is 0 Å². The average molecular weight is 387 g/mol. The van der Waals surface area contributed by atoms with Crippen LogP contribution in [0.25, 0.3) is 15.9 Å². The molecule has 26 heavy (non-hydrogen) atoms. The van der Waals surface area contributed by atoms with Crippen molar-refractivity contribution in [3.8, 4) is 11.4 Å². The molecule has 3 aromatic rings. The van der Waals surface area contributed by atoms with Crippen LogP contribution in [0.15, 0.2) is 34.2 Å². The van der Waals surface area contributed by atoms with Crippen molar-refractivity contribution in [3.63, 3.8) is 0 Å². The number of aromatic nitrogens is 2. The number of hydrogen-bond acceptors (Lipinski definition) is 5. The molecule has 0 unspecified atom stereocenters. The van der Waals surface area contributed by atoms with Gasteiger partial charge < -0.3 is 4.74 Å². The molecule has 0 radical (unpaired) electrons. The average Bonchev–Trinajstić information content (AvgIpc) is 3.23. The van der Waals surface area contributed by atoms with Gasteiger partial charge in [-0.25, -0.2) is 4.98 Å². The number of aryl methyl sites for hydroxylation is 2. The van der Waals surface area contributed by atoms with E-state index in [9.17, 15) is 4.79 Å². The Bertz CT molecular complexity index is 1010. The van der Waals surface area contributed by atoms with Crippen molar-refractivity contribution in [2.24, 2.45) is 0 Å². The smallest absolute Gasteiger partial charge is 0.267 e. The fourth-order valence-electron chi connectivity index (χ4n) is 3.46. The zero-order valence-corrected chi connectivity index (χ0v) is 16.7. The summed E-state index contributed by atoms with van der Waals surface area (Å²) in [4.78, 5) is 20.7. The zero-order valence-electron chi connectivity index (χ0n) is 15.1. The largest absolute Gasteiger partial charge is 0.495 e. The van der Waals surface area contributed by atoms with E-state index in [-0.39, 0.29) is 5.56 Å². The molecule has 0 saturated carbocycles. The third-order valence-electron chi connectivity index (χ3n) is 4.76. The lowest BCUT2D eigenvalue weighted by Gasteiger charge is -2.15. The number of nitrogens with zero attached hydrogens (tertiary/aromatic N) is 2. The fourth-order valence-corrected chi connectivity index (χ4v) is 5.85. The van der Waals surface area contributed by atoms with Gasteiger partial charge in [-0.3, -0.25) is 9.36 Å². The fraction of sp³-hybridized carbons (Fsp3) is 0.400. The van der Waals surface area contributed by atoms with E-state index >= 15 is 0 Å². The van der Waals surface area contributed by atoms with Gasteiger partial charge in [0, 0.05) is 10.6 Å². The second-order valence-corrected chi connectivity index (χ2v) is 8.59. The van der Waals surface area contributed by atoms with E-state index in [1.54, 1.807) is 34.8 Å². The van der Waals surface area contributed by atoms with Crippen LogP contribution in [-0.2, 0) is 12.8 Å². The lowest BCUT2D eigenvalue weighted by molar-refractivity contribution is 0.411. The molecule has 0 amide bonds. The number of benzene rings is 1. The minimum absolute atomic E-state index is 0.0397. The van der Waals surface area contributed by atoms with Crippen molar-refractivity contribution in [2.45, 2.75) is 44.2 Å². The van der Waals surface area contributed by atoms with Crippen molar-refractivity contribution in [3.05, 3.63) is 45.1 Å². The summed E-state index contributed by atoms with van der Waals surface area (Å²) >= 11 is 3.36. The minimum atomic E-state index is 0.0397. The summed E-state index contributed by atoms with van der Waals surface area (Å²) in [7, 11) is 1.64. The van der Waals surface area contributed by atoms with Gasteiger partial charge in [-0.05, 0) is 43.4 Å². The number of unbranched alkanes of at least 4 members (excludes halogenated alkanes) is 1. The molecule has 0 fully saturated rings. The lowest BCUT2D eigenvalue weighted by atomic mass is 10.2. The first-order valence-electron chi connectivity index (χ1n) is 9.08. The number of hydrogen-bond donors (Lipinski definition) is 0. The first kappa shape index (κ1) is 17.6. The van der Waals surface area contributed by atoms with Gasteiger partial charge in [0.2, 0.25) is 0 Å². The van der Waals surface area contributed by atoms with Crippen LogP contribution in [0, 0.1) is 0 Å². The van der Waals surface area contributed by atoms with Crippen molar-refractivity contribution in [2.75, 3.05) is 12.9 Å². The molecule has 2 aromatic heterocycles. The number of para-hydroxylation sites is 2. The molecule has 1 aliphatic carbocycles. The molecule has 136 valence electrons. The summed E-state index contributed by atoms with van der Waals surface area (Å²) < 4.78 is 7.28. The van der Waals surface area contributed by atoms with Gasteiger partial charge in [0.05, 0.1) is 18.2 Å². The van der Waals surface area contributed by atoms with Crippen LogP contribution in [0.2, 0.25) is 0 Å². The molecular formula is C20H22N2O2S2. The van der Waals surface area contributed by atoms with E-state index in [4.69, 9.17) is 9.72 Å². The van der Waals surface area contributed by atoms with E-state index in [0.717, 1.165) is 58.9 Å². The summed E-state index contributed by atoms with van der Waals surface area (Å²) in [6, 6.07) is 7.69. The zero-order chi connectivity index (χ0) is 18.1. The maximum atomic E-state index is 13.5. The number of thiophene rings is 1. The van der Waals surface area contributed by atoms with Crippen LogP contribution in [0.5, 0.6) is 5.75 Å². The molecule has 0 saturated heterocycles. The van der Waals surface area contributed by atoms with Crippen molar-refractivity contribution in [1.82, 2.24) is 9.55 Å². The molecular weight excluding hydrogens is 364 g/mol. The minimum Gasteiger partial charge on any atom is -0.495 e. The van der Waals surface area contributed by atoms with E-state index in [0.29, 0.717) is 5.75 Å². The monoisotopic (exact) mass is 386 g/mol. The molecule has 4 nitrogen and oxygen atoms in total. The van der Waals surface area contributed by atoms with Crippen LogP contribution >= 0.6 is 23.1 Å². The Balaban J connectivity index is 1.97. The van der Waals surface area contributed by atoms with Gasteiger partial charge in [0.1, 0.15) is 10.6 Å². The number of thioether (sulfide) groups is 1. The Morgan fingerprint density at radius 3 is 2.96 bits per heavy atom. The molecule has 0 N–H and O–H groups in total. The highest BCUT2D eigenvalue weighted by atomic mass is 32.2. The number of rotatable bonds is 6. The van der Waals surface area contributed by atoms with E-state index in [1.807, 2.05) is 24.3 Å². The quantitative estimate of drug-likeness (QED) is 0.345. The van der Waals surface area contributed by atoms with Crippen LogP contribution in [0.3, 0.4) is 0 Å². The molecule has 0 spiro atoms. The highest BCUT2D eigenvalue weighted by Crippen LogP contribution is 2.36. The van der Waals surface area contributed by atoms with E-state index < -0.39 is 0 Å².